The highest BCUT2D eigenvalue weighted by atomic mass is 19.1. The first-order valence-electron chi connectivity index (χ1n) is 9.07. The summed E-state index contributed by atoms with van der Waals surface area (Å²) in [7, 11) is 0. The molecule has 0 radical (unpaired) electrons. The topological polar surface area (TPSA) is 66.5 Å². The van der Waals surface area contributed by atoms with E-state index in [0.717, 1.165) is 17.4 Å². The average Bonchev–Trinajstić information content (AvgIpc) is 2.92. The number of benzene rings is 2. The molecule has 2 aromatic carbocycles. The van der Waals surface area contributed by atoms with Gasteiger partial charge in [0.25, 0.3) is 5.91 Å². The van der Waals surface area contributed by atoms with Gasteiger partial charge in [-0.25, -0.2) is 13.6 Å². The maximum absolute atomic E-state index is 13.9. The number of hydrogen-bond acceptors (Lipinski definition) is 3. The predicted molar refractivity (Wildman–Crippen MR) is 98.6 cm³/mol. The maximum Gasteiger partial charge on any atom is 0.325 e. The van der Waals surface area contributed by atoms with E-state index in [2.05, 4.69) is 5.32 Å². The molecule has 3 amide bonds. The summed E-state index contributed by atoms with van der Waals surface area (Å²) in [5.74, 6) is -2.44. The normalized spacial score (nSPS) is 19.0. The molecule has 1 unspecified atom stereocenters. The second-order valence-corrected chi connectivity index (χ2v) is 6.74. The molecule has 0 saturated carbocycles. The minimum atomic E-state index is -1.36. The van der Waals surface area contributed by atoms with E-state index in [0.29, 0.717) is 18.4 Å². The summed E-state index contributed by atoms with van der Waals surface area (Å²) in [6.07, 6.45) is 1.73. The van der Waals surface area contributed by atoms with Crippen LogP contribution < -0.4 is 5.32 Å². The van der Waals surface area contributed by atoms with Crippen LogP contribution in [0, 0.1) is 11.6 Å². The van der Waals surface area contributed by atoms with E-state index < -0.39 is 41.4 Å². The van der Waals surface area contributed by atoms with Crippen molar-refractivity contribution < 1.29 is 23.2 Å². The summed E-state index contributed by atoms with van der Waals surface area (Å²) in [6, 6.07) is 10.0. The van der Waals surface area contributed by atoms with Gasteiger partial charge < -0.3 is 5.32 Å². The molecule has 0 spiro atoms. The van der Waals surface area contributed by atoms with Gasteiger partial charge in [-0.05, 0) is 36.2 Å². The monoisotopic (exact) mass is 386 g/mol. The molecule has 2 aromatic rings. The fourth-order valence-electron chi connectivity index (χ4n) is 3.37. The van der Waals surface area contributed by atoms with E-state index in [1.54, 1.807) is 0 Å². The Kier molecular flexibility index (Phi) is 5.53. The van der Waals surface area contributed by atoms with E-state index in [1.807, 2.05) is 6.92 Å². The van der Waals surface area contributed by atoms with Gasteiger partial charge in [-0.15, -0.1) is 0 Å². The van der Waals surface area contributed by atoms with Crippen molar-refractivity contribution in [3.05, 3.63) is 71.3 Å². The van der Waals surface area contributed by atoms with E-state index in [-0.39, 0.29) is 5.56 Å². The van der Waals surface area contributed by atoms with Crippen LogP contribution in [0.3, 0.4) is 0 Å². The molecule has 1 aliphatic heterocycles. The van der Waals surface area contributed by atoms with Gasteiger partial charge >= 0.3 is 6.03 Å². The largest absolute Gasteiger partial charge is 0.325 e. The second kappa shape index (κ2) is 7.88. The zero-order chi connectivity index (χ0) is 20.3. The number of halogens is 2. The zero-order valence-corrected chi connectivity index (χ0v) is 15.4. The Morgan fingerprint density at radius 2 is 1.75 bits per heavy atom. The van der Waals surface area contributed by atoms with Crippen LogP contribution in [0.15, 0.2) is 48.5 Å². The number of rotatable bonds is 7. The highest BCUT2D eigenvalue weighted by Gasteiger charge is 2.52. The van der Waals surface area contributed by atoms with Crippen LogP contribution in [0.5, 0.6) is 0 Å². The fourth-order valence-corrected chi connectivity index (χ4v) is 3.37. The van der Waals surface area contributed by atoms with Gasteiger partial charge in [0.15, 0.2) is 5.78 Å². The third-order valence-electron chi connectivity index (χ3n) is 4.89. The maximum atomic E-state index is 13.9. The van der Waals surface area contributed by atoms with Crippen molar-refractivity contribution in [2.75, 3.05) is 6.54 Å². The molecule has 1 atom stereocenters. The van der Waals surface area contributed by atoms with Crippen LogP contribution >= 0.6 is 0 Å². The quantitative estimate of drug-likeness (QED) is 0.582. The SMILES string of the molecule is CCCCC1(c2ccc(F)cc2)NC(=O)N(CC(=O)c2ccccc2F)C1=O. The number of hydrogen-bond donors (Lipinski definition) is 1. The minimum absolute atomic E-state index is 0.184. The summed E-state index contributed by atoms with van der Waals surface area (Å²) in [4.78, 5) is 39.0. The van der Waals surface area contributed by atoms with Crippen molar-refractivity contribution >= 4 is 17.7 Å². The highest BCUT2D eigenvalue weighted by Crippen LogP contribution is 2.34. The molecular weight excluding hydrogens is 366 g/mol. The minimum Gasteiger partial charge on any atom is -0.319 e. The molecule has 3 rings (SSSR count). The molecule has 5 nitrogen and oxygen atoms in total. The van der Waals surface area contributed by atoms with Crippen LogP contribution in [-0.2, 0) is 10.3 Å². The third kappa shape index (κ3) is 3.52. The molecule has 1 heterocycles. The van der Waals surface area contributed by atoms with Crippen molar-refractivity contribution in [3.63, 3.8) is 0 Å². The van der Waals surface area contributed by atoms with Crippen LogP contribution in [0.1, 0.15) is 42.1 Å². The second-order valence-electron chi connectivity index (χ2n) is 6.74. The summed E-state index contributed by atoms with van der Waals surface area (Å²) >= 11 is 0. The standard InChI is InChI=1S/C21H20F2N2O3/c1-2-3-12-21(14-8-10-15(22)11-9-14)19(27)25(20(28)24-21)13-18(26)16-6-4-5-7-17(16)23/h4-11H,2-3,12-13H2,1H3,(H,24,28). The van der Waals surface area contributed by atoms with Crippen molar-refractivity contribution in [2.45, 2.75) is 31.7 Å². The Bertz CT molecular complexity index is 914. The summed E-state index contributed by atoms with van der Waals surface area (Å²) < 4.78 is 27.2. The lowest BCUT2D eigenvalue weighted by Gasteiger charge is -2.27. The molecule has 7 heteroatoms. The Labute approximate surface area is 161 Å². The lowest BCUT2D eigenvalue weighted by atomic mass is 9.84. The fraction of sp³-hybridized carbons (Fsp3) is 0.286. The lowest BCUT2D eigenvalue weighted by Crippen LogP contribution is -2.44. The van der Waals surface area contributed by atoms with Gasteiger partial charge in [-0.2, -0.15) is 0 Å². The van der Waals surface area contributed by atoms with Crippen molar-refractivity contribution in [3.8, 4) is 0 Å². The number of unbranched alkanes of at least 4 members (excludes halogenated alkanes) is 1. The number of amides is 3. The Balaban J connectivity index is 1.91. The number of imide groups is 1. The van der Waals surface area contributed by atoms with Crippen LogP contribution in [0.4, 0.5) is 13.6 Å². The first-order valence-corrected chi connectivity index (χ1v) is 9.07. The van der Waals surface area contributed by atoms with Crippen LogP contribution in [0.2, 0.25) is 0 Å². The molecule has 146 valence electrons. The van der Waals surface area contributed by atoms with E-state index in [4.69, 9.17) is 0 Å². The van der Waals surface area contributed by atoms with Crippen LogP contribution in [-0.4, -0.2) is 29.2 Å². The third-order valence-corrected chi connectivity index (χ3v) is 4.89. The Morgan fingerprint density at radius 3 is 2.39 bits per heavy atom. The van der Waals surface area contributed by atoms with E-state index in [9.17, 15) is 23.2 Å². The van der Waals surface area contributed by atoms with Gasteiger partial charge in [-0.1, -0.05) is 44.0 Å². The smallest absolute Gasteiger partial charge is 0.319 e. The van der Waals surface area contributed by atoms with Crippen LogP contribution in [0.25, 0.3) is 0 Å². The van der Waals surface area contributed by atoms with Gasteiger partial charge in [0.2, 0.25) is 0 Å². The number of carbonyl (C=O) groups is 3. The van der Waals surface area contributed by atoms with Crippen molar-refractivity contribution in [1.82, 2.24) is 10.2 Å². The number of carbonyl (C=O) groups excluding carboxylic acids is 3. The lowest BCUT2D eigenvalue weighted by molar-refractivity contribution is -0.131. The number of ketones is 1. The van der Waals surface area contributed by atoms with Gasteiger partial charge in [0.05, 0.1) is 12.1 Å². The molecule has 1 N–H and O–H groups in total. The first-order chi connectivity index (χ1) is 13.4. The average molecular weight is 386 g/mol. The Morgan fingerprint density at radius 1 is 1.07 bits per heavy atom. The number of nitrogens with one attached hydrogen (secondary N) is 1. The van der Waals surface area contributed by atoms with Gasteiger partial charge in [0.1, 0.15) is 17.2 Å². The predicted octanol–water partition coefficient (Wildman–Crippen LogP) is 3.79. The molecule has 1 aliphatic rings. The Hall–Kier alpha value is -3.09. The molecule has 1 saturated heterocycles. The summed E-state index contributed by atoms with van der Waals surface area (Å²) in [5.41, 5.74) is -1.10. The molecule has 0 aliphatic carbocycles. The molecule has 1 fully saturated rings. The molecular formula is C21H20F2N2O3. The molecule has 0 aromatic heterocycles. The number of urea groups is 1. The van der Waals surface area contributed by atoms with Crippen molar-refractivity contribution in [1.29, 1.82) is 0 Å². The van der Waals surface area contributed by atoms with E-state index in [1.165, 1.54) is 42.5 Å². The van der Waals surface area contributed by atoms with E-state index >= 15 is 0 Å². The highest BCUT2D eigenvalue weighted by molar-refractivity contribution is 6.11. The number of nitrogens with zero attached hydrogens (tertiary/aromatic N) is 1. The van der Waals surface area contributed by atoms with Gasteiger partial charge in [0, 0.05) is 0 Å². The number of Topliss-reactive ketones (excluding diaryl/α,β-unsaturated/α-hetero) is 1. The zero-order valence-electron chi connectivity index (χ0n) is 15.4. The van der Waals surface area contributed by atoms with Gasteiger partial charge in [-0.3, -0.25) is 14.5 Å². The first kappa shape index (κ1) is 19.7. The van der Waals surface area contributed by atoms with Crippen molar-refractivity contribution in [2.24, 2.45) is 0 Å². The summed E-state index contributed by atoms with van der Waals surface area (Å²) in [5, 5.41) is 2.68. The molecule has 28 heavy (non-hydrogen) atoms. The summed E-state index contributed by atoms with van der Waals surface area (Å²) in [6.45, 7) is 1.37. The molecule has 0 bridgehead atoms.